The molecule has 6 heteroatoms. The van der Waals surface area contributed by atoms with Crippen LogP contribution in [0, 0.1) is 5.92 Å². The Morgan fingerprint density at radius 1 is 0.912 bits per heavy atom. The van der Waals surface area contributed by atoms with Crippen molar-refractivity contribution < 1.29 is 9.59 Å². The van der Waals surface area contributed by atoms with Crippen molar-refractivity contribution in [3.63, 3.8) is 0 Å². The summed E-state index contributed by atoms with van der Waals surface area (Å²) in [6.07, 6.45) is 5.83. The minimum Gasteiger partial charge on any atom is -0.361 e. The first-order chi connectivity index (χ1) is 16.6. The van der Waals surface area contributed by atoms with Crippen LogP contribution in [0.3, 0.4) is 0 Å². The monoisotopic (exact) mass is 448 g/mol. The lowest BCUT2D eigenvalue weighted by atomic mass is 10.0. The number of hydrogen-bond acceptors (Lipinski definition) is 2. The Kier molecular flexibility index (Phi) is 4.73. The van der Waals surface area contributed by atoms with Crippen LogP contribution >= 0.6 is 0 Å². The molecule has 168 valence electrons. The summed E-state index contributed by atoms with van der Waals surface area (Å²) in [7, 11) is 1.79. The molecule has 1 fully saturated rings. The number of carbonyl (C=O) groups excluding carboxylic acids is 2. The van der Waals surface area contributed by atoms with E-state index in [0.29, 0.717) is 5.56 Å². The van der Waals surface area contributed by atoms with Gasteiger partial charge < -0.3 is 20.2 Å². The van der Waals surface area contributed by atoms with Crippen LogP contribution in [0.2, 0.25) is 0 Å². The lowest BCUT2D eigenvalue weighted by Crippen LogP contribution is -2.26. The highest BCUT2D eigenvalue weighted by Crippen LogP contribution is 2.33. The minimum atomic E-state index is -0.0573. The maximum Gasteiger partial charge on any atom is 0.258 e. The van der Waals surface area contributed by atoms with Crippen molar-refractivity contribution in [3.05, 3.63) is 84.7 Å². The van der Waals surface area contributed by atoms with E-state index in [2.05, 4.69) is 15.3 Å². The van der Waals surface area contributed by atoms with E-state index in [0.717, 1.165) is 57.1 Å². The minimum absolute atomic E-state index is 0.0573. The van der Waals surface area contributed by atoms with Crippen LogP contribution in [0.15, 0.2) is 79.1 Å². The molecule has 2 heterocycles. The molecular formula is C28H24N4O2. The predicted molar refractivity (Wildman–Crippen MR) is 136 cm³/mol. The van der Waals surface area contributed by atoms with Crippen molar-refractivity contribution in [2.45, 2.75) is 12.8 Å². The Balaban J connectivity index is 1.24. The van der Waals surface area contributed by atoms with Gasteiger partial charge in [0.2, 0.25) is 5.91 Å². The summed E-state index contributed by atoms with van der Waals surface area (Å²) < 4.78 is 0. The molecule has 6 nitrogen and oxygen atoms in total. The molecule has 0 bridgehead atoms. The van der Waals surface area contributed by atoms with E-state index in [1.807, 2.05) is 79.1 Å². The zero-order chi connectivity index (χ0) is 23.2. The maximum atomic E-state index is 13.1. The van der Waals surface area contributed by atoms with Gasteiger partial charge in [0.1, 0.15) is 0 Å². The third-order valence-corrected chi connectivity index (χ3v) is 6.57. The molecule has 1 saturated carbocycles. The van der Waals surface area contributed by atoms with Gasteiger partial charge in [-0.3, -0.25) is 9.59 Å². The van der Waals surface area contributed by atoms with Gasteiger partial charge in [0.05, 0.1) is 0 Å². The van der Waals surface area contributed by atoms with Crippen molar-refractivity contribution in [2.24, 2.45) is 5.92 Å². The maximum absolute atomic E-state index is 13.1. The number of carbonyl (C=O) groups is 2. The van der Waals surface area contributed by atoms with Crippen LogP contribution in [-0.4, -0.2) is 28.8 Å². The number of nitrogens with zero attached hydrogens (tertiary/aromatic N) is 1. The summed E-state index contributed by atoms with van der Waals surface area (Å²) >= 11 is 0. The van der Waals surface area contributed by atoms with E-state index in [1.165, 1.54) is 0 Å². The molecule has 3 aromatic carbocycles. The Labute approximate surface area is 196 Å². The smallest absolute Gasteiger partial charge is 0.258 e. The van der Waals surface area contributed by atoms with Crippen LogP contribution in [0.1, 0.15) is 23.2 Å². The molecular weight excluding hydrogens is 424 g/mol. The number of benzene rings is 3. The van der Waals surface area contributed by atoms with Crippen LogP contribution in [0.5, 0.6) is 0 Å². The number of nitrogens with one attached hydrogen (secondary N) is 3. The fraction of sp³-hybridized carbons (Fsp3) is 0.143. The zero-order valence-electron chi connectivity index (χ0n) is 18.8. The van der Waals surface area contributed by atoms with E-state index < -0.39 is 0 Å². The number of aromatic nitrogens is 2. The first-order valence-electron chi connectivity index (χ1n) is 11.4. The number of fused-ring (bicyclic) bond motifs is 2. The van der Waals surface area contributed by atoms with E-state index in [-0.39, 0.29) is 17.7 Å². The van der Waals surface area contributed by atoms with Gasteiger partial charge >= 0.3 is 0 Å². The SMILES string of the molecule is CN(C(=O)c1ccc2[nH]ccc2c1)c1ccc2c(-c3ccc(NC(=O)C4CC4)cc3)c[nH]c2c1. The summed E-state index contributed by atoms with van der Waals surface area (Å²) in [6, 6.07) is 21.6. The highest BCUT2D eigenvalue weighted by atomic mass is 16.2. The van der Waals surface area contributed by atoms with Crippen molar-refractivity contribution in [2.75, 3.05) is 17.3 Å². The summed E-state index contributed by atoms with van der Waals surface area (Å²) in [6.45, 7) is 0. The summed E-state index contributed by atoms with van der Waals surface area (Å²) in [4.78, 5) is 33.3. The molecule has 0 spiro atoms. The fourth-order valence-electron chi connectivity index (χ4n) is 4.38. The molecule has 0 radical (unpaired) electrons. The highest BCUT2D eigenvalue weighted by Gasteiger charge is 2.29. The molecule has 2 aromatic heterocycles. The quantitative estimate of drug-likeness (QED) is 0.311. The average Bonchev–Trinajstić information content (AvgIpc) is 3.47. The summed E-state index contributed by atoms with van der Waals surface area (Å²) in [5, 5.41) is 5.07. The first kappa shape index (κ1) is 20.3. The van der Waals surface area contributed by atoms with Crippen molar-refractivity contribution in [1.82, 2.24) is 9.97 Å². The second-order valence-electron chi connectivity index (χ2n) is 8.92. The molecule has 5 aromatic rings. The Bertz CT molecular complexity index is 1540. The van der Waals surface area contributed by atoms with Gasteiger partial charge in [-0.1, -0.05) is 18.2 Å². The molecule has 0 unspecified atom stereocenters. The van der Waals surface area contributed by atoms with Crippen LogP contribution in [0.4, 0.5) is 11.4 Å². The first-order valence-corrected chi connectivity index (χ1v) is 11.4. The topological polar surface area (TPSA) is 81.0 Å². The summed E-state index contributed by atoms with van der Waals surface area (Å²) in [5.41, 5.74) is 6.40. The van der Waals surface area contributed by atoms with Gasteiger partial charge in [-0.25, -0.2) is 0 Å². The molecule has 2 amide bonds. The predicted octanol–water partition coefficient (Wildman–Crippen LogP) is 5.94. The van der Waals surface area contributed by atoms with Crippen molar-refractivity contribution in [1.29, 1.82) is 0 Å². The number of H-pyrrole nitrogens is 2. The molecule has 0 atom stereocenters. The van der Waals surface area contributed by atoms with Crippen molar-refractivity contribution >= 4 is 45.0 Å². The standard InChI is InChI=1S/C28H24N4O2/c1-32(28(34)20-6-11-25-19(14-20)12-13-29-25)22-9-10-23-24(16-30-26(23)15-22)17-4-7-21(8-5-17)31-27(33)18-2-3-18/h4-16,18,29-30H,2-3H2,1H3,(H,31,33). The molecule has 0 aliphatic heterocycles. The normalized spacial score (nSPS) is 13.3. The average molecular weight is 449 g/mol. The van der Waals surface area contributed by atoms with Crippen LogP contribution in [0.25, 0.3) is 32.9 Å². The van der Waals surface area contributed by atoms with E-state index in [1.54, 1.807) is 11.9 Å². The number of amides is 2. The third kappa shape index (κ3) is 3.63. The molecule has 34 heavy (non-hydrogen) atoms. The van der Waals surface area contributed by atoms with Gasteiger partial charge in [-0.05, 0) is 66.9 Å². The van der Waals surface area contributed by atoms with Gasteiger partial charge in [-0.15, -0.1) is 0 Å². The van der Waals surface area contributed by atoms with E-state index >= 15 is 0 Å². The van der Waals surface area contributed by atoms with E-state index in [4.69, 9.17) is 0 Å². The molecule has 0 saturated heterocycles. The Hall–Kier alpha value is -4.32. The molecule has 1 aliphatic rings. The lowest BCUT2D eigenvalue weighted by Gasteiger charge is -2.18. The largest absolute Gasteiger partial charge is 0.361 e. The van der Waals surface area contributed by atoms with Gasteiger partial charge in [0.25, 0.3) is 5.91 Å². The zero-order valence-corrected chi connectivity index (χ0v) is 18.8. The highest BCUT2D eigenvalue weighted by molar-refractivity contribution is 6.08. The van der Waals surface area contributed by atoms with Crippen LogP contribution < -0.4 is 10.2 Å². The van der Waals surface area contributed by atoms with Gasteiger partial charge in [0.15, 0.2) is 0 Å². The van der Waals surface area contributed by atoms with Gasteiger partial charge in [-0.2, -0.15) is 0 Å². The summed E-state index contributed by atoms with van der Waals surface area (Å²) in [5.74, 6) is 0.237. The second-order valence-corrected chi connectivity index (χ2v) is 8.92. The number of rotatable bonds is 5. The fourth-order valence-corrected chi connectivity index (χ4v) is 4.38. The van der Waals surface area contributed by atoms with Gasteiger partial charge in [0, 0.05) is 69.7 Å². The number of hydrogen-bond donors (Lipinski definition) is 3. The second kappa shape index (κ2) is 7.92. The Morgan fingerprint density at radius 2 is 1.74 bits per heavy atom. The number of aromatic amines is 2. The van der Waals surface area contributed by atoms with Crippen molar-refractivity contribution in [3.8, 4) is 11.1 Å². The van der Waals surface area contributed by atoms with E-state index in [9.17, 15) is 9.59 Å². The number of anilines is 2. The van der Waals surface area contributed by atoms with Crippen LogP contribution in [-0.2, 0) is 4.79 Å². The Morgan fingerprint density at radius 3 is 2.53 bits per heavy atom. The molecule has 3 N–H and O–H groups in total. The lowest BCUT2D eigenvalue weighted by molar-refractivity contribution is -0.117. The third-order valence-electron chi connectivity index (χ3n) is 6.57. The molecule has 6 rings (SSSR count). The molecule has 1 aliphatic carbocycles.